The molecule has 5 amide bonds. The molecule has 4 aromatic rings. The number of hydrogen-bond donors (Lipinski definition) is 9. The van der Waals surface area contributed by atoms with Crippen LogP contribution in [-0.2, 0) is 41.6 Å². The van der Waals surface area contributed by atoms with Gasteiger partial charge in [-0.1, -0.05) is 61.9 Å². The Morgan fingerprint density at radius 1 is 0.900 bits per heavy atom. The van der Waals surface area contributed by atoms with E-state index in [1.807, 2.05) is 12.1 Å². The summed E-state index contributed by atoms with van der Waals surface area (Å²) in [4.78, 5) is 90.4. The molecule has 0 saturated heterocycles. The molecule has 0 radical (unpaired) electrons. The summed E-state index contributed by atoms with van der Waals surface area (Å²) in [5.41, 5.74) is 4.48. The van der Waals surface area contributed by atoms with Crippen molar-refractivity contribution >= 4 is 47.8 Å². The van der Waals surface area contributed by atoms with Gasteiger partial charge in [0.05, 0.1) is 6.54 Å². The number of phenolic OH excluding ortho intramolecular Hbond substituents is 2. The van der Waals surface area contributed by atoms with Gasteiger partial charge in [0.2, 0.25) is 23.6 Å². The quantitative estimate of drug-likeness (QED) is 0.0421. The Morgan fingerprint density at radius 3 is 2.09 bits per heavy atom. The number of carbonyl (C=O) groups is 7. The first-order chi connectivity index (χ1) is 33.1. The number of fused-ring (bicyclic) bond motifs is 5. The normalized spacial score (nSPS) is 16.1. The van der Waals surface area contributed by atoms with E-state index in [0.717, 1.165) is 28.9 Å². The van der Waals surface area contributed by atoms with Crippen LogP contribution in [-0.4, -0.2) is 112 Å². The van der Waals surface area contributed by atoms with Crippen molar-refractivity contribution < 1.29 is 72.5 Å². The number of alkyl halides is 3. The summed E-state index contributed by atoms with van der Waals surface area (Å²) >= 11 is 0. The summed E-state index contributed by atoms with van der Waals surface area (Å²) < 4.78 is 31.5. The number of aromatic hydroxyl groups is 2. The van der Waals surface area contributed by atoms with Crippen molar-refractivity contribution in [2.24, 2.45) is 0 Å². The molecular weight excluding hydrogens is 920 g/mol. The third-order valence-corrected chi connectivity index (χ3v) is 11.2. The highest BCUT2D eigenvalue weighted by Gasteiger charge is 2.36. The fourth-order valence-electron chi connectivity index (χ4n) is 7.46. The molecule has 4 atom stereocenters. The lowest BCUT2D eigenvalue weighted by Gasteiger charge is -2.32. The molecule has 0 aromatic heterocycles. The summed E-state index contributed by atoms with van der Waals surface area (Å²) in [7, 11) is 1.36. The molecule has 10 N–H and O–H groups in total. The number of carbonyl (C=O) groups excluding carboxylic acids is 6. The van der Waals surface area contributed by atoms with Gasteiger partial charge in [-0.05, 0) is 96.8 Å². The monoisotopic (exact) mass is 975 g/mol. The molecule has 0 saturated carbocycles. The molecule has 1 heterocycles. The van der Waals surface area contributed by atoms with Crippen molar-refractivity contribution in [1.29, 1.82) is 5.41 Å². The van der Waals surface area contributed by atoms with Gasteiger partial charge in [-0.2, -0.15) is 13.2 Å². The van der Waals surface area contributed by atoms with Crippen LogP contribution in [0.5, 0.6) is 11.5 Å². The van der Waals surface area contributed by atoms with Crippen molar-refractivity contribution in [3.05, 3.63) is 107 Å². The van der Waals surface area contributed by atoms with E-state index in [1.54, 1.807) is 17.4 Å². The number of carboxylic acid groups (broad SMARTS) is 2. The molecular formula is C49H56F3N7O11. The Morgan fingerprint density at radius 2 is 1.50 bits per heavy atom. The van der Waals surface area contributed by atoms with E-state index in [-0.39, 0.29) is 59.9 Å². The molecule has 0 unspecified atom stereocenters. The summed E-state index contributed by atoms with van der Waals surface area (Å²) in [6, 6.07) is 18.6. The number of phenols is 2. The van der Waals surface area contributed by atoms with Crippen LogP contribution >= 0.6 is 0 Å². The lowest BCUT2D eigenvalue weighted by molar-refractivity contribution is -0.531. The molecule has 0 aliphatic carbocycles. The number of amides is 5. The zero-order chi connectivity index (χ0) is 51.7. The smallest absolute Gasteiger partial charge is 0.430 e. The van der Waals surface area contributed by atoms with Crippen LogP contribution in [0.1, 0.15) is 79.0 Å². The maximum absolute atomic E-state index is 14.5. The third kappa shape index (κ3) is 15.6. The number of likely N-dealkylation sites (N-methyl/N-ethyl adjacent to an activating group) is 1. The van der Waals surface area contributed by atoms with Gasteiger partial charge < -0.3 is 56.7 Å². The standard InChI is InChI=1S/C47H55N7O9.C2HF3O2/c1-4-7-29-9-12-31(13-10-29)32-14-16-33(17-15-32)44(59)50-23-21-41(57)52-37(8-5-6-22-49-27-48)46(61)54(3)42-34-18-20-40(56)36(26-34)35-24-30(11-19-39(35)55)25-38(47(62)63)53-43(58)28(2)51-45(42)60;3-2(4,5)1(6)7/h9-20,24,26-28,37-38,42,55-56H,4-8,21-23,25H2,1-3H3,(H2,48,49)(H,50,59)(H,51,60)(H,52,57)(H,53,58)(H,62,63);(H,6,7)/t28-,37-,38-,42-;/m0./s1. The first-order valence-electron chi connectivity index (χ1n) is 22.3. The van der Waals surface area contributed by atoms with E-state index >= 15 is 0 Å². The molecule has 18 nitrogen and oxygen atoms in total. The highest BCUT2D eigenvalue weighted by atomic mass is 19.4. The van der Waals surface area contributed by atoms with Crippen LogP contribution in [0, 0.1) is 5.41 Å². The fraction of sp³-hybridized carbons (Fsp3) is 0.347. The maximum Gasteiger partial charge on any atom is 0.430 e. The first kappa shape index (κ1) is 54.8. The molecule has 70 heavy (non-hydrogen) atoms. The predicted octanol–water partition coefficient (Wildman–Crippen LogP) is 2.46. The molecule has 0 spiro atoms. The van der Waals surface area contributed by atoms with Crippen LogP contribution in [0.3, 0.4) is 0 Å². The summed E-state index contributed by atoms with van der Waals surface area (Å²) in [6.07, 6.45) is -1.09. The minimum Gasteiger partial charge on any atom is -0.542 e. The number of unbranched alkanes of at least 4 members (excludes halogenated alkanes) is 1. The SMILES string of the molecule is CCCc1ccc(-c2ccc(C(=O)NCCC(=O)N[C@@H](CCCC[NH2+]C=N)C(=O)N(C)[C@@H]3C(=O)N[C@@H](C)C(=O)N[C@H](C(=O)O)Cc4ccc(O)c(c4)-c4cc3ccc4O)cc2)cc1.O=C([O-])C(F)(F)F. The number of nitrogens with two attached hydrogens (primary N) is 1. The fourth-order valence-corrected chi connectivity index (χ4v) is 7.46. The molecule has 21 heteroatoms. The number of carboxylic acids is 2. The Kier molecular flexibility index (Phi) is 20.0. The van der Waals surface area contributed by atoms with E-state index in [0.29, 0.717) is 30.5 Å². The molecule has 374 valence electrons. The third-order valence-electron chi connectivity index (χ3n) is 11.2. The Balaban J connectivity index is 0.00000141. The number of quaternary nitrogens is 1. The van der Waals surface area contributed by atoms with Crippen LogP contribution in [0.2, 0.25) is 0 Å². The minimum absolute atomic E-state index is 0.0333. The van der Waals surface area contributed by atoms with Gasteiger partial charge in [0.15, 0.2) is 6.34 Å². The molecule has 4 aromatic carbocycles. The lowest BCUT2D eigenvalue weighted by atomic mass is 9.93. The van der Waals surface area contributed by atoms with Gasteiger partial charge in [-0.3, -0.25) is 29.4 Å². The number of aliphatic carboxylic acids is 2. The highest BCUT2D eigenvalue weighted by Crippen LogP contribution is 2.39. The highest BCUT2D eigenvalue weighted by molar-refractivity contribution is 5.97. The Hall–Kier alpha value is -7.81. The summed E-state index contributed by atoms with van der Waals surface area (Å²) in [6.45, 7) is 4.03. The van der Waals surface area contributed by atoms with Crippen molar-refractivity contribution in [1.82, 2.24) is 26.2 Å². The van der Waals surface area contributed by atoms with Crippen molar-refractivity contribution in [2.45, 2.75) is 89.1 Å². The van der Waals surface area contributed by atoms with Gasteiger partial charge in [0, 0.05) is 43.1 Å². The largest absolute Gasteiger partial charge is 0.542 e. The second kappa shape index (κ2) is 25.5. The maximum atomic E-state index is 14.5. The van der Waals surface area contributed by atoms with Gasteiger partial charge in [-0.25, -0.2) is 4.79 Å². The minimum atomic E-state index is -5.19. The first-order valence-corrected chi connectivity index (χ1v) is 22.3. The topological polar surface area (TPSA) is 295 Å². The van der Waals surface area contributed by atoms with E-state index < -0.39 is 65.9 Å². The lowest BCUT2D eigenvalue weighted by Crippen LogP contribution is -2.82. The van der Waals surface area contributed by atoms with E-state index in [9.17, 15) is 57.3 Å². The van der Waals surface area contributed by atoms with Crippen LogP contribution in [0.15, 0.2) is 84.9 Å². The molecule has 1 aliphatic rings. The van der Waals surface area contributed by atoms with Crippen LogP contribution in [0.25, 0.3) is 22.3 Å². The second-order valence-corrected chi connectivity index (χ2v) is 16.4. The van der Waals surface area contributed by atoms with Crippen molar-refractivity contribution in [3.63, 3.8) is 0 Å². The number of aryl methyl sites for hydroxylation is 1. The summed E-state index contributed by atoms with van der Waals surface area (Å²) in [5, 5.41) is 60.1. The molecule has 5 rings (SSSR count). The Labute approximate surface area is 401 Å². The number of nitrogens with zero attached hydrogens (tertiary/aromatic N) is 1. The van der Waals surface area contributed by atoms with E-state index in [1.165, 1.54) is 62.3 Å². The number of benzene rings is 4. The van der Waals surface area contributed by atoms with Gasteiger partial charge in [0.1, 0.15) is 41.6 Å². The van der Waals surface area contributed by atoms with Gasteiger partial charge in [-0.15, -0.1) is 0 Å². The zero-order valence-corrected chi connectivity index (χ0v) is 38.6. The van der Waals surface area contributed by atoms with Gasteiger partial charge >= 0.3 is 12.1 Å². The van der Waals surface area contributed by atoms with Crippen LogP contribution in [0.4, 0.5) is 13.2 Å². The number of hydrogen-bond acceptors (Lipinski definition) is 11. The number of halogens is 3. The average molecular weight is 976 g/mol. The average Bonchev–Trinajstić information content (AvgIpc) is 3.31. The van der Waals surface area contributed by atoms with Crippen molar-refractivity contribution in [3.8, 4) is 33.8 Å². The van der Waals surface area contributed by atoms with E-state index in [2.05, 4.69) is 52.5 Å². The van der Waals surface area contributed by atoms with Gasteiger partial charge in [0.25, 0.3) is 5.91 Å². The predicted molar refractivity (Wildman–Crippen MR) is 247 cm³/mol. The van der Waals surface area contributed by atoms with Crippen LogP contribution < -0.4 is 31.7 Å². The molecule has 0 fully saturated rings. The molecule has 1 aliphatic heterocycles. The Bertz CT molecular complexity index is 2520. The van der Waals surface area contributed by atoms with Crippen molar-refractivity contribution in [2.75, 3.05) is 20.1 Å². The number of rotatable bonds is 17. The molecule has 4 bridgehead atoms. The summed E-state index contributed by atoms with van der Waals surface area (Å²) in [5.74, 6) is -8.06. The van der Waals surface area contributed by atoms with E-state index in [4.69, 9.17) is 15.3 Å². The number of nitrogens with one attached hydrogen (secondary N) is 5. The second-order valence-electron chi connectivity index (χ2n) is 16.4. The zero-order valence-electron chi connectivity index (χ0n) is 38.6.